The maximum absolute atomic E-state index is 11.6. The molecule has 0 aromatic carbocycles. The average Bonchev–Trinajstić information content (AvgIpc) is 3.12. The molecule has 0 saturated heterocycles. The van der Waals surface area contributed by atoms with Gasteiger partial charge in [-0.2, -0.15) is 0 Å². The van der Waals surface area contributed by atoms with E-state index in [9.17, 15) is 9.59 Å². The van der Waals surface area contributed by atoms with E-state index in [-0.39, 0.29) is 17.7 Å². The van der Waals surface area contributed by atoms with Gasteiger partial charge in [0.2, 0.25) is 5.91 Å². The van der Waals surface area contributed by atoms with E-state index in [2.05, 4.69) is 31.4 Å². The van der Waals surface area contributed by atoms with Gasteiger partial charge >= 0.3 is 5.97 Å². The predicted molar refractivity (Wildman–Crippen MR) is 78.5 cm³/mol. The van der Waals surface area contributed by atoms with E-state index in [1.165, 1.54) is 12.8 Å². The van der Waals surface area contributed by atoms with Crippen LogP contribution in [0.25, 0.3) is 0 Å². The van der Waals surface area contributed by atoms with Gasteiger partial charge in [0, 0.05) is 19.0 Å². The number of rotatable bonds is 9. The van der Waals surface area contributed by atoms with Gasteiger partial charge in [-0.1, -0.05) is 20.8 Å². The minimum absolute atomic E-state index is 0.0304. The van der Waals surface area contributed by atoms with Gasteiger partial charge in [0.05, 0.1) is 6.54 Å². The Morgan fingerprint density at radius 1 is 1.25 bits per heavy atom. The zero-order valence-corrected chi connectivity index (χ0v) is 12.9. The number of amides is 1. The predicted octanol–water partition coefficient (Wildman–Crippen LogP) is 1.77. The number of carbonyl (C=O) groups is 2. The van der Waals surface area contributed by atoms with Crippen molar-refractivity contribution in [2.24, 2.45) is 11.3 Å². The first-order valence-electron chi connectivity index (χ1n) is 7.51. The molecule has 1 aliphatic carbocycles. The molecule has 0 aromatic rings. The summed E-state index contributed by atoms with van der Waals surface area (Å²) in [5, 5.41) is 14.9. The van der Waals surface area contributed by atoms with Crippen LogP contribution in [0, 0.1) is 11.3 Å². The molecule has 1 aliphatic rings. The molecule has 116 valence electrons. The van der Waals surface area contributed by atoms with Crippen molar-refractivity contribution in [1.82, 2.24) is 10.6 Å². The first kappa shape index (κ1) is 17.0. The first-order valence-corrected chi connectivity index (χ1v) is 7.51. The summed E-state index contributed by atoms with van der Waals surface area (Å²) in [5.74, 6) is -0.421. The van der Waals surface area contributed by atoms with Gasteiger partial charge in [-0.25, -0.2) is 0 Å². The first-order chi connectivity index (χ1) is 9.29. The van der Waals surface area contributed by atoms with Crippen molar-refractivity contribution in [2.45, 2.75) is 58.9 Å². The Morgan fingerprint density at radius 2 is 1.90 bits per heavy atom. The normalized spacial score (nSPS) is 16.8. The molecule has 5 nitrogen and oxygen atoms in total. The summed E-state index contributed by atoms with van der Waals surface area (Å²) < 4.78 is 0. The maximum Gasteiger partial charge on any atom is 0.303 e. The number of aliphatic carboxylic acids is 1. The second kappa shape index (κ2) is 7.62. The molecule has 1 saturated carbocycles. The second-order valence-corrected chi connectivity index (χ2v) is 6.79. The van der Waals surface area contributed by atoms with Crippen molar-refractivity contribution in [1.29, 1.82) is 0 Å². The summed E-state index contributed by atoms with van der Waals surface area (Å²) in [5.41, 5.74) is 0.0619. The number of nitrogens with one attached hydrogen (secondary N) is 2. The van der Waals surface area contributed by atoms with Gasteiger partial charge in [0.25, 0.3) is 0 Å². The SMILES string of the molecule is CC(C)(C)C(CCNC(=O)CNC1CC1)CCC(=O)O. The summed E-state index contributed by atoms with van der Waals surface area (Å²) in [7, 11) is 0. The van der Waals surface area contributed by atoms with Crippen molar-refractivity contribution >= 4 is 11.9 Å². The minimum atomic E-state index is -0.753. The van der Waals surface area contributed by atoms with E-state index in [0.717, 1.165) is 6.42 Å². The third kappa shape index (κ3) is 7.48. The number of carbonyl (C=O) groups excluding carboxylic acids is 1. The molecule has 1 rings (SSSR count). The Kier molecular flexibility index (Phi) is 6.46. The van der Waals surface area contributed by atoms with Crippen LogP contribution in [0.4, 0.5) is 0 Å². The molecule has 0 aliphatic heterocycles. The molecule has 0 aromatic heterocycles. The lowest BCUT2D eigenvalue weighted by Gasteiger charge is -2.30. The second-order valence-electron chi connectivity index (χ2n) is 6.79. The monoisotopic (exact) mass is 284 g/mol. The molecule has 20 heavy (non-hydrogen) atoms. The van der Waals surface area contributed by atoms with Crippen LogP contribution in [0.15, 0.2) is 0 Å². The fraction of sp³-hybridized carbons (Fsp3) is 0.867. The lowest BCUT2D eigenvalue weighted by molar-refractivity contribution is -0.137. The van der Waals surface area contributed by atoms with E-state index in [0.29, 0.717) is 31.5 Å². The summed E-state index contributed by atoms with van der Waals surface area (Å²) in [6.07, 6.45) is 4.03. The third-order valence-corrected chi connectivity index (χ3v) is 3.88. The van der Waals surface area contributed by atoms with Gasteiger partial charge in [0.15, 0.2) is 0 Å². The van der Waals surface area contributed by atoms with Crippen LogP contribution >= 0.6 is 0 Å². The van der Waals surface area contributed by atoms with E-state index in [1.807, 2.05) is 0 Å². The van der Waals surface area contributed by atoms with Crippen LogP contribution in [0.1, 0.15) is 52.9 Å². The fourth-order valence-electron chi connectivity index (χ4n) is 2.28. The highest BCUT2D eigenvalue weighted by atomic mass is 16.4. The fourth-order valence-corrected chi connectivity index (χ4v) is 2.28. The molecule has 1 amide bonds. The Hall–Kier alpha value is -1.10. The molecule has 0 radical (unpaired) electrons. The molecule has 0 spiro atoms. The van der Waals surface area contributed by atoms with Crippen molar-refractivity contribution in [3.05, 3.63) is 0 Å². The van der Waals surface area contributed by atoms with E-state index < -0.39 is 5.97 Å². The maximum atomic E-state index is 11.6. The van der Waals surface area contributed by atoms with Crippen LogP contribution in [0.3, 0.4) is 0 Å². The standard InChI is InChI=1S/C15H28N2O3/c1-15(2,3)11(4-7-14(19)20)8-9-16-13(18)10-17-12-5-6-12/h11-12,17H,4-10H2,1-3H3,(H,16,18)(H,19,20). The topological polar surface area (TPSA) is 78.4 Å². The lowest BCUT2D eigenvalue weighted by Crippen LogP contribution is -2.36. The van der Waals surface area contributed by atoms with Crippen LogP contribution in [0.5, 0.6) is 0 Å². The smallest absolute Gasteiger partial charge is 0.303 e. The third-order valence-electron chi connectivity index (χ3n) is 3.88. The molecule has 0 heterocycles. The quantitative estimate of drug-likeness (QED) is 0.603. The van der Waals surface area contributed by atoms with E-state index >= 15 is 0 Å². The molecular weight excluding hydrogens is 256 g/mol. The van der Waals surface area contributed by atoms with Gasteiger partial charge in [0.1, 0.15) is 0 Å². The van der Waals surface area contributed by atoms with Gasteiger partial charge in [-0.15, -0.1) is 0 Å². The Bertz CT molecular complexity index is 333. The summed E-state index contributed by atoms with van der Waals surface area (Å²) in [6.45, 7) is 7.37. The highest BCUT2D eigenvalue weighted by Gasteiger charge is 2.25. The highest BCUT2D eigenvalue weighted by Crippen LogP contribution is 2.32. The lowest BCUT2D eigenvalue weighted by atomic mass is 9.76. The molecule has 1 fully saturated rings. The Balaban J connectivity index is 2.22. The summed E-state index contributed by atoms with van der Waals surface area (Å²) >= 11 is 0. The van der Waals surface area contributed by atoms with Crippen molar-refractivity contribution in [3.8, 4) is 0 Å². The highest BCUT2D eigenvalue weighted by molar-refractivity contribution is 5.78. The van der Waals surface area contributed by atoms with Crippen LogP contribution in [-0.2, 0) is 9.59 Å². The van der Waals surface area contributed by atoms with Crippen LogP contribution in [0.2, 0.25) is 0 Å². The molecule has 1 atom stereocenters. The van der Waals surface area contributed by atoms with Crippen LogP contribution in [-0.4, -0.2) is 36.1 Å². The molecule has 0 bridgehead atoms. The number of hydrogen-bond donors (Lipinski definition) is 3. The zero-order valence-electron chi connectivity index (χ0n) is 12.9. The molecular formula is C15H28N2O3. The Morgan fingerprint density at radius 3 is 2.40 bits per heavy atom. The number of carboxylic acid groups (broad SMARTS) is 1. The van der Waals surface area contributed by atoms with Gasteiger partial charge in [-0.05, 0) is 37.0 Å². The summed E-state index contributed by atoms with van der Waals surface area (Å²) in [6, 6.07) is 0.540. The van der Waals surface area contributed by atoms with Gasteiger partial charge in [-0.3, -0.25) is 9.59 Å². The Labute approximate surface area is 121 Å². The largest absolute Gasteiger partial charge is 0.481 e. The number of hydrogen-bond acceptors (Lipinski definition) is 3. The molecule has 3 N–H and O–H groups in total. The molecule has 5 heteroatoms. The number of carboxylic acids is 1. The molecule has 1 unspecified atom stereocenters. The van der Waals surface area contributed by atoms with Crippen molar-refractivity contribution in [3.63, 3.8) is 0 Å². The minimum Gasteiger partial charge on any atom is -0.481 e. The zero-order chi connectivity index (χ0) is 15.2. The van der Waals surface area contributed by atoms with Gasteiger partial charge < -0.3 is 15.7 Å². The average molecular weight is 284 g/mol. The van der Waals surface area contributed by atoms with Crippen molar-refractivity contribution < 1.29 is 14.7 Å². The van der Waals surface area contributed by atoms with Crippen LogP contribution < -0.4 is 10.6 Å². The van der Waals surface area contributed by atoms with Crippen molar-refractivity contribution in [2.75, 3.05) is 13.1 Å². The van der Waals surface area contributed by atoms with E-state index in [1.54, 1.807) is 0 Å². The van der Waals surface area contributed by atoms with E-state index in [4.69, 9.17) is 5.11 Å². The summed E-state index contributed by atoms with van der Waals surface area (Å²) in [4.78, 5) is 22.3.